The first-order valence-electron chi connectivity index (χ1n) is 6.69. The summed E-state index contributed by atoms with van der Waals surface area (Å²) in [6.07, 6.45) is 3.72. The van der Waals surface area contributed by atoms with Crippen molar-refractivity contribution in [2.24, 2.45) is 11.8 Å². The molecule has 1 aromatic rings. The van der Waals surface area contributed by atoms with Crippen molar-refractivity contribution in [3.8, 4) is 0 Å². The number of benzene rings is 1. The van der Waals surface area contributed by atoms with E-state index in [1.54, 1.807) is 16.4 Å². The molecule has 0 spiro atoms. The van der Waals surface area contributed by atoms with Crippen molar-refractivity contribution < 1.29 is 8.42 Å². The molecular weight excluding hydrogens is 246 g/mol. The Morgan fingerprint density at radius 1 is 1.06 bits per heavy atom. The molecule has 5 atom stereocenters. The molecular formula is C14H17NO2S. The van der Waals surface area contributed by atoms with Gasteiger partial charge in [0, 0.05) is 12.1 Å². The summed E-state index contributed by atoms with van der Waals surface area (Å²) in [5, 5.41) is 0. The summed E-state index contributed by atoms with van der Waals surface area (Å²) >= 11 is 0. The van der Waals surface area contributed by atoms with Gasteiger partial charge in [0.1, 0.15) is 0 Å². The molecule has 2 bridgehead atoms. The molecule has 0 radical (unpaired) electrons. The molecule has 1 aliphatic heterocycles. The Bertz CT molecular complexity index is 577. The average molecular weight is 263 g/mol. The Labute approximate surface area is 108 Å². The molecule has 4 rings (SSSR count). The first kappa shape index (κ1) is 11.0. The van der Waals surface area contributed by atoms with Crippen LogP contribution in [0.3, 0.4) is 0 Å². The van der Waals surface area contributed by atoms with Crippen LogP contribution < -0.4 is 0 Å². The van der Waals surface area contributed by atoms with E-state index in [9.17, 15) is 8.42 Å². The summed E-state index contributed by atoms with van der Waals surface area (Å²) in [5.41, 5.74) is 1.10. The average Bonchev–Trinajstić information content (AvgIpc) is 2.83. The van der Waals surface area contributed by atoms with Gasteiger partial charge in [0.25, 0.3) is 0 Å². The molecule has 3 fully saturated rings. The van der Waals surface area contributed by atoms with E-state index in [2.05, 4.69) is 0 Å². The first-order valence-corrected chi connectivity index (χ1v) is 8.13. The zero-order valence-electron chi connectivity index (χ0n) is 10.4. The van der Waals surface area contributed by atoms with Gasteiger partial charge in [-0.2, -0.15) is 4.31 Å². The highest BCUT2D eigenvalue weighted by atomic mass is 32.2. The van der Waals surface area contributed by atoms with Gasteiger partial charge in [-0.3, -0.25) is 0 Å². The molecule has 0 aromatic heterocycles. The number of sulfonamides is 1. The Balaban J connectivity index is 1.68. The number of fused-ring (bicyclic) bond motifs is 5. The van der Waals surface area contributed by atoms with Crippen LogP contribution in [0.15, 0.2) is 29.2 Å². The number of hydrogen-bond donors (Lipinski definition) is 0. The van der Waals surface area contributed by atoms with Crippen LogP contribution in [0.1, 0.15) is 24.8 Å². The second-order valence-corrected chi connectivity index (χ2v) is 7.81. The van der Waals surface area contributed by atoms with E-state index in [-0.39, 0.29) is 0 Å². The van der Waals surface area contributed by atoms with Gasteiger partial charge in [-0.15, -0.1) is 0 Å². The minimum Gasteiger partial charge on any atom is -0.207 e. The molecule has 1 heterocycles. The molecule has 1 aromatic carbocycles. The number of nitrogens with zero attached hydrogens (tertiary/aromatic N) is 1. The molecule has 3 aliphatic rings. The molecule has 0 amide bonds. The Hall–Kier alpha value is -0.870. The topological polar surface area (TPSA) is 37.1 Å². The Morgan fingerprint density at radius 3 is 2.17 bits per heavy atom. The van der Waals surface area contributed by atoms with Crippen molar-refractivity contribution in [3.05, 3.63) is 29.8 Å². The fourth-order valence-electron chi connectivity index (χ4n) is 4.05. The van der Waals surface area contributed by atoms with E-state index in [0.717, 1.165) is 5.56 Å². The van der Waals surface area contributed by atoms with E-state index >= 15 is 0 Å². The number of hydrogen-bond acceptors (Lipinski definition) is 2. The van der Waals surface area contributed by atoms with Crippen molar-refractivity contribution >= 4 is 10.0 Å². The molecule has 1 saturated heterocycles. The normalized spacial score (nSPS) is 40.8. The van der Waals surface area contributed by atoms with E-state index in [4.69, 9.17) is 0 Å². The predicted molar refractivity (Wildman–Crippen MR) is 68.6 cm³/mol. The largest absolute Gasteiger partial charge is 0.243 e. The van der Waals surface area contributed by atoms with Crippen LogP contribution in [0.4, 0.5) is 0 Å². The van der Waals surface area contributed by atoms with Crippen LogP contribution in [0.2, 0.25) is 0 Å². The molecule has 96 valence electrons. The lowest BCUT2D eigenvalue weighted by atomic mass is 10.0. The second kappa shape index (κ2) is 3.36. The van der Waals surface area contributed by atoms with Gasteiger partial charge in [-0.05, 0) is 50.2 Å². The van der Waals surface area contributed by atoms with Crippen molar-refractivity contribution in [1.82, 2.24) is 4.31 Å². The van der Waals surface area contributed by atoms with Gasteiger partial charge in [-0.1, -0.05) is 17.7 Å². The Kier molecular flexibility index (Phi) is 2.06. The lowest BCUT2D eigenvalue weighted by Gasteiger charge is -2.12. The zero-order valence-corrected chi connectivity index (χ0v) is 11.2. The first-order chi connectivity index (χ1) is 8.59. The minimum atomic E-state index is -3.23. The smallest absolute Gasteiger partial charge is 0.207 e. The van der Waals surface area contributed by atoms with Crippen LogP contribution in [0, 0.1) is 18.8 Å². The Morgan fingerprint density at radius 2 is 1.61 bits per heavy atom. The summed E-state index contributed by atoms with van der Waals surface area (Å²) in [6.45, 7) is 1.97. The highest BCUT2D eigenvalue weighted by molar-refractivity contribution is 7.89. The molecule has 1 unspecified atom stereocenters. The molecule has 2 saturated carbocycles. The maximum Gasteiger partial charge on any atom is 0.243 e. The van der Waals surface area contributed by atoms with Gasteiger partial charge >= 0.3 is 0 Å². The molecule has 3 nitrogen and oxygen atoms in total. The summed E-state index contributed by atoms with van der Waals surface area (Å²) in [7, 11) is -3.23. The summed E-state index contributed by atoms with van der Waals surface area (Å²) in [5.74, 6) is 1.28. The number of rotatable bonds is 2. The fourth-order valence-corrected chi connectivity index (χ4v) is 5.95. The lowest BCUT2D eigenvalue weighted by molar-refractivity contribution is 0.447. The molecule has 18 heavy (non-hydrogen) atoms. The van der Waals surface area contributed by atoms with E-state index in [1.165, 1.54) is 19.3 Å². The molecule has 4 heteroatoms. The van der Waals surface area contributed by atoms with E-state index in [1.807, 2.05) is 19.1 Å². The molecule has 2 aliphatic carbocycles. The lowest BCUT2D eigenvalue weighted by Crippen LogP contribution is -2.21. The maximum absolute atomic E-state index is 12.6. The highest BCUT2D eigenvalue weighted by Gasteiger charge is 2.68. The van der Waals surface area contributed by atoms with Crippen LogP contribution >= 0.6 is 0 Å². The van der Waals surface area contributed by atoms with E-state index < -0.39 is 10.0 Å². The van der Waals surface area contributed by atoms with Gasteiger partial charge in [0.2, 0.25) is 10.0 Å². The third kappa shape index (κ3) is 1.30. The van der Waals surface area contributed by atoms with Gasteiger partial charge in [0.05, 0.1) is 4.90 Å². The third-order valence-electron chi connectivity index (χ3n) is 4.92. The maximum atomic E-state index is 12.6. The van der Waals surface area contributed by atoms with Crippen LogP contribution in [0.5, 0.6) is 0 Å². The standard InChI is InChI=1S/C14H17NO2S/c1-9-2-6-12(7-3-9)18(16,17)15-13-10-4-5-11(8-10)14(13)15/h2-3,6-7,10-11,13-14H,4-5,8H2,1H3/t10-,11+,13-,14-,15?/m1/s1. The second-order valence-electron chi connectivity index (χ2n) is 5.96. The quantitative estimate of drug-likeness (QED) is 0.767. The van der Waals surface area contributed by atoms with E-state index in [0.29, 0.717) is 28.8 Å². The van der Waals surface area contributed by atoms with Gasteiger partial charge in [0.15, 0.2) is 0 Å². The van der Waals surface area contributed by atoms with Crippen molar-refractivity contribution in [2.75, 3.05) is 0 Å². The zero-order chi connectivity index (χ0) is 12.5. The molecule has 0 N–H and O–H groups in total. The van der Waals surface area contributed by atoms with Gasteiger partial charge in [-0.25, -0.2) is 8.42 Å². The number of piperidine rings is 1. The SMILES string of the molecule is Cc1ccc(S(=O)(=O)N2[C@@H]3[C@@H]4CC[C@@H](C4)[C@H]32)cc1. The summed E-state index contributed by atoms with van der Waals surface area (Å²) < 4.78 is 26.9. The minimum absolute atomic E-state index is 0.329. The third-order valence-corrected chi connectivity index (χ3v) is 6.83. The van der Waals surface area contributed by atoms with Crippen LogP contribution in [-0.4, -0.2) is 24.8 Å². The number of aryl methyl sites for hydroxylation is 1. The van der Waals surface area contributed by atoms with Crippen molar-refractivity contribution in [1.29, 1.82) is 0 Å². The van der Waals surface area contributed by atoms with Crippen molar-refractivity contribution in [3.63, 3.8) is 0 Å². The summed E-state index contributed by atoms with van der Waals surface area (Å²) in [4.78, 5) is 0.460. The fraction of sp³-hybridized carbons (Fsp3) is 0.571. The predicted octanol–water partition coefficient (Wildman–Crippen LogP) is 2.17. The summed E-state index contributed by atoms with van der Waals surface area (Å²) in [6, 6.07) is 7.88. The highest BCUT2D eigenvalue weighted by Crippen LogP contribution is 2.60. The van der Waals surface area contributed by atoms with Gasteiger partial charge < -0.3 is 0 Å². The van der Waals surface area contributed by atoms with Crippen molar-refractivity contribution in [2.45, 2.75) is 43.2 Å². The monoisotopic (exact) mass is 263 g/mol. The van der Waals surface area contributed by atoms with Crippen LogP contribution in [0.25, 0.3) is 0 Å². The van der Waals surface area contributed by atoms with Crippen LogP contribution in [-0.2, 0) is 10.0 Å².